The zero-order valence-electron chi connectivity index (χ0n) is 12.4. The van der Waals surface area contributed by atoms with Crippen LogP contribution in [0.25, 0.3) is 0 Å². The Kier molecular flexibility index (Phi) is 4.62. The van der Waals surface area contributed by atoms with E-state index in [-0.39, 0.29) is 11.8 Å². The average molecular weight is 308 g/mol. The summed E-state index contributed by atoms with van der Waals surface area (Å²) in [5, 5.41) is 3.36. The number of sulfonamides is 1. The van der Waals surface area contributed by atoms with Crippen molar-refractivity contribution in [3.8, 4) is 0 Å². The van der Waals surface area contributed by atoms with Crippen LogP contribution >= 0.6 is 0 Å². The zero-order chi connectivity index (χ0) is 14.7. The van der Waals surface area contributed by atoms with Gasteiger partial charge in [0.05, 0.1) is 5.75 Å². The van der Waals surface area contributed by atoms with Gasteiger partial charge in [0, 0.05) is 12.6 Å². The van der Waals surface area contributed by atoms with Gasteiger partial charge in [-0.25, -0.2) is 8.42 Å². The quantitative estimate of drug-likeness (QED) is 0.925. The van der Waals surface area contributed by atoms with Gasteiger partial charge in [0.15, 0.2) is 0 Å². The van der Waals surface area contributed by atoms with Gasteiger partial charge in [0.1, 0.15) is 0 Å². The molecule has 4 nitrogen and oxygen atoms in total. The molecule has 0 saturated carbocycles. The largest absolute Gasteiger partial charge is 0.317 e. The molecule has 1 N–H and O–H groups in total. The van der Waals surface area contributed by atoms with E-state index in [1.807, 2.05) is 30.3 Å². The molecule has 0 aliphatic carbocycles. The molecule has 2 fully saturated rings. The van der Waals surface area contributed by atoms with E-state index in [4.69, 9.17) is 0 Å². The molecule has 0 spiro atoms. The van der Waals surface area contributed by atoms with Crippen molar-refractivity contribution in [1.82, 2.24) is 9.62 Å². The average Bonchev–Trinajstić information content (AvgIpc) is 2.99. The normalized spacial score (nSPS) is 25.2. The van der Waals surface area contributed by atoms with Gasteiger partial charge >= 0.3 is 0 Å². The van der Waals surface area contributed by atoms with Gasteiger partial charge in [-0.15, -0.1) is 0 Å². The van der Waals surface area contributed by atoms with E-state index in [0.717, 1.165) is 44.3 Å². The number of nitrogens with zero attached hydrogens (tertiary/aromatic N) is 1. The maximum absolute atomic E-state index is 12.8. The van der Waals surface area contributed by atoms with Crippen LogP contribution in [0.2, 0.25) is 0 Å². The molecule has 3 rings (SSSR count). The fourth-order valence-corrected chi connectivity index (χ4v) is 5.56. The monoisotopic (exact) mass is 308 g/mol. The Labute approximate surface area is 127 Å². The molecule has 0 amide bonds. The molecule has 21 heavy (non-hydrogen) atoms. The summed E-state index contributed by atoms with van der Waals surface area (Å²) < 4.78 is 27.3. The van der Waals surface area contributed by atoms with E-state index in [1.54, 1.807) is 4.31 Å². The predicted octanol–water partition coefficient (Wildman–Crippen LogP) is 1.98. The minimum absolute atomic E-state index is 0.134. The van der Waals surface area contributed by atoms with Crippen molar-refractivity contribution in [3.63, 3.8) is 0 Å². The lowest BCUT2D eigenvalue weighted by Crippen LogP contribution is -2.44. The van der Waals surface area contributed by atoms with Crippen LogP contribution in [-0.4, -0.2) is 38.4 Å². The van der Waals surface area contributed by atoms with Crippen LogP contribution in [0.15, 0.2) is 30.3 Å². The number of hydrogen-bond acceptors (Lipinski definition) is 3. The summed E-state index contributed by atoms with van der Waals surface area (Å²) in [7, 11) is -3.20. The van der Waals surface area contributed by atoms with Crippen molar-refractivity contribution in [2.75, 3.05) is 19.6 Å². The van der Waals surface area contributed by atoms with Gasteiger partial charge in [-0.3, -0.25) is 0 Å². The van der Waals surface area contributed by atoms with Gasteiger partial charge in [0.25, 0.3) is 0 Å². The van der Waals surface area contributed by atoms with E-state index in [2.05, 4.69) is 5.32 Å². The summed E-state index contributed by atoms with van der Waals surface area (Å²) in [5.41, 5.74) is 0.883. The van der Waals surface area contributed by atoms with E-state index in [1.165, 1.54) is 0 Å². The van der Waals surface area contributed by atoms with Crippen LogP contribution in [0.4, 0.5) is 0 Å². The minimum atomic E-state index is -3.20. The van der Waals surface area contributed by atoms with Crippen molar-refractivity contribution in [3.05, 3.63) is 35.9 Å². The van der Waals surface area contributed by atoms with Gasteiger partial charge in [-0.1, -0.05) is 30.3 Å². The molecule has 1 unspecified atom stereocenters. The third kappa shape index (κ3) is 3.47. The standard InChI is InChI=1S/C16H24N2O2S/c19-21(20,13-14-5-2-1-3-6-14)18-12-4-7-16(18)15-8-10-17-11-9-15/h1-3,5-6,15-17H,4,7-13H2. The third-order valence-corrected chi connectivity index (χ3v) is 6.59. The van der Waals surface area contributed by atoms with Crippen molar-refractivity contribution in [2.45, 2.75) is 37.5 Å². The summed E-state index contributed by atoms with van der Waals surface area (Å²) in [6, 6.07) is 9.74. The highest BCUT2D eigenvalue weighted by molar-refractivity contribution is 7.88. The number of piperidine rings is 1. The number of hydrogen-bond donors (Lipinski definition) is 1. The summed E-state index contributed by atoms with van der Waals surface area (Å²) in [6.07, 6.45) is 4.23. The van der Waals surface area contributed by atoms with Crippen LogP contribution in [0.5, 0.6) is 0 Å². The molecule has 0 aromatic heterocycles. The van der Waals surface area contributed by atoms with Crippen LogP contribution < -0.4 is 5.32 Å². The fraction of sp³-hybridized carbons (Fsp3) is 0.625. The lowest BCUT2D eigenvalue weighted by atomic mass is 9.89. The highest BCUT2D eigenvalue weighted by Crippen LogP contribution is 2.32. The zero-order valence-corrected chi connectivity index (χ0v) is 13.2. The second-order valence-corrected chi connectivity index (χ2v) is 8.07. The first-order chi connectivity index (χ1) is 10.2. The fourth-order valence-electron chi connectivity index (χ4n) is 3.68. The Morgan fingerprint density at radius 1 is 1.10 bits per heavy atom. The maximum Gasteiger partial charge on any atom is 0.218 e. The van der Waals surface area contributed by atoms with Gasteiger partial charge in [-0.05, 0) is 50.3 Å². The Hall–Kier alpha value is -0.910. The van der Waals surface area contributed by atoms with E-state index in [0.29, 0.717) is 12.5 Å². The van der Waals surface area contributed by atoms with Crippen LogP contribution in [-0.2, 0) is 15.8 Å². The van der Waals surface area contributed by atoms with Crippen molar-refractivity contribution in [1.29, 1.82) is 0 Å². The van der Waals surface area contributed by atoms with E-state index >= 15 is 0 Å². The molecule has 1 atom stereocenters. The molecule has 2 aliphatic rings. The van der Waals surface area contributed by atoms with Crippen molar-refractivity contribution >= 4 is 10.0 Å². The first-order valence-corrected chi connectivity index (χ1v) is 9.52. The smallest absolute Gasteiger partial charge is 0.218 e. The molecular formula is C16H24N2O2S. The van der Waals surface area contributed by atoms with E-state index in [9.17, 15) is 8.42 Å². The molecular weight excluding hydrogens is 284 g/mol. The number of rotatable bonds is 4. The SMILES string of the molecule is O=S(=O)(Cc1ccccc1)N1CCCC1C1CCNCC1. The molecule has 0 bridgehead atoms. The summed E-state index contributed by atoms with van der Waals surface area (Å²) in [6.45, 7) is 2.74. The Balaban J connectivity index is 1.74. The first-order valence-electron chi connectivity index (χ1n) is 7.91. The van der Waals surface area contributed by atoms with Crippen LogP contribution in [0.3, 0.4) is 0 Å². The Bertz CT molecular complexity index is 553. The van der Waals surface area contributed by atoms with Crippen molar-refractivity contribution in [2.24, 2.45) is 5.92 Å². The first kappa shape index (κ1) is 15.0. The molecule has 5 heteroatoms. The molecule has 1 aromatic rings. The molecule has 2 saturated heterocycles. The number of nitrogens with one attached hydrogen (secondary N) is 1. The number of benzene rings is 1. The summed E-state index contributed by atoms with van der Waals surface area (Å²) in [4.78, 5) is 0. The minimum Gasteiger partial charge on any atom is -0.317 e. The molecule has 1 aromatic carbocycles. The lowest BCUT2D eigenvalue weighted by molar-refractivity contribution is 0.235. The molecule has 2 aliphatic heterocycles. The highest BCUT2D eigenvalue weighted by Gasteiger charge is 2.38. The maximum atomic E-state index is 12.8. The van der Waals surface area contributed by atoms with Gasteiger partial charge < -0.3 is 5.32 Å². The highest BCUT2D eigenvalue weighted by atomic mass is 32.2. The van der Waals surface area contributed by atoms with Crippen molar-refractivity contribution < 1.29 is 8.42 Å². The second kappa shape index (κ2) is 6.46. The Morgan fingerprint density at radius 3 is 2.52 bits per heavy atom. The summed E-state index contributed by atoms with van der Waals surface area (Å²) >= 11 is 0. The molecule has 116 valence electrons. The Morgan fingerprint density at radius 2 is 1.81 bits per heavy atom. The summed E-state index contributed by atoms with van der Waals surface area (Å²) in [5.74, 6) is 0.661. The third-order valence-electron chi connectivity index (χ3n) is 4.73. The van der Waals surface area contributed by atoms with E-state index < -0.39 is 10.0 Å². The van der Waals surface area contributed by atoms with Gasteiger partial charge in [-0.2, -0.15) is 4.31 Å². The molecule has 0 radical (unpaired) electrons. The van der Waals surface area contributed by atoms with Crippen LogP contribution in [0, 0.1) is 5.92 Å². The predicted molar refractivity (Wildman–Crippen MR) is 84.4 cm³/mol. The lowest BCUT2D eigenvalue weighted by Gasteiger charge is -2.33. The topological polar surface area (TPSA) is 49.4 Å². The second-order valence-electron chi connectivity index (χ2n) is 6.15. The van der Waals surface area contributed by atoms with Gasteiger partial charge in [0.2, 0.25) is 10.0 Å². The molecule has 2 heterocycles. The van der Waals surface area contributed by atoms with Crippen LogP contribution in [0.1, 0.15) is 31.2 Å².